The summed E-state index contributed by atoms with van der Waals surface area (Å²) in [6, 6.07) is 14.5. The molecule has 2 atom stereocenters. The van der Waals surface area contributed by atoms with Gasteiger partial charge in [0.2, 0.25) is 0 Å². The van der Waals surface area contributed by atoms with Crippen molar-refractivity contribution in [2.24, 2.45) is 5.92 Å². The van der Waals surface area contributed by atoms with E-state index in [1.165, 1.54) is 12.7 Å². The monoisotopic (exact) mass is 310 g/mol. The molecule has 0 fully saturated rings. The Morgan fingerprint density at radius 3 is 2.52 bits per heavy atom. The van der Waals surface area contributed by atoms with Crippen LogP contribution in [0.4, 0.5) is 0 Å². The van der Waals surface area contributed by atoms with Gasteiger partial charge in [-0.2, -0.15) is 0 Å². The van der Waals surface area contributed by atoms with Crippen LogP contribution in [0, 0.1) is 12.8 Å². The Morgan fingerprint density at radius 2 is 1.83 bits per heavy atom. The first kappa shape index (κ1) is 15.8. The van der Waals surface area contributed by atoms with E-state index in [9.17, 15) is 9.90 Å². The lowest BCUT2D eigenvalue weighted by Gasteiger charge is -2.20. The summed E-state index contributed by atoms with van der Waals surface area (Å²) in [5.74, 6) is -0.805. The molecule has 2 aromatic rings. The van der Waals surface area contributed by atoms with Gasteiger partial charge in [-0.3, -0.25) is 4.79 Å². The SMILES string of the molecule is COC(=O)C1CCCc2ccc(-c3ccc(C)cc3)cc2C1O. The molecule has 1 aliphatic carbocycles. The molecule has 3 rings (SSSR count). The minimum atomic E-state index is -0.801. The molecule has 2 aromatic carbocycles. The van der Waals surface area contributed by atoms with E-state index in [2.05, 4.69) is 43.3 Å². The van der Waals surface area contributed by atoms with Crippen LogP contribution < -0.4 is 0 Å². The summed E-state index contributed by atoms with van der Waals surface area (Å²) in [5, 5.41) is 10.7. The van der Waals surface area contributed by atoms with Crippen LogP contribution in [0.5, 0.6) is 0 Å². The molecular weight excluding hydrogens is 288 g/mol. The number of methoxy groups -OCH3 is 1. The molecule has 0 saturated heterocycles. The predicted molar refractivity (Wildman–Crippen MR) is 90.0 cm³/mol. The first-order valence-corrected chi connectivity index (χ1v) is 8.06. The van der Waals surface area contributed by atoms with E-state index in [4.69, 9.17) is 4.74 Å². The number of hydrogen-bond acceptors (Lipinski definition) is 3. The zero-order valence-corrected chi connectivity index (χ0v) is 13.6. The third kappa shape index (κ3) is 3.15. The second kappa shape index (κ2) is 6.55. The third-order valence-corrected chi connectivity index (χ3v) is 4.70. The van der Waals surface area contributed by atoms with Crippen LogP contribution in [-0.2, 0) is 16.0 Å². The molecule has 2 unspecified atom stereocenters. The number of hydrogen-bond donors (Lipinski definition) is 1. The lowest BCUT2D eigenvalue weighted by molar-refractivity contribution is -0.150. The molecule has 0 saturated carbocycles. The number of aliphatic hydroxyl groups excluding tert-OH is 1. The summed E-state index contributed by atoms with van der Waals surface area (Å²) >= 11 is 0. The molecule has 0 amide bonds. The van der Waals surface area contributed by atoms with Crippen molar-refractivity contribution in [2.45, 2.75) is 32.3 Å². The topological polar surface area (TPSA) is 46.5 Å². The Hall–Kier alpha value is -2.13. The maximum atomic E-state index is 12.0. The van der Waals surface area contributed by atoms with Gasteiger partial charge < -0.3 is 9.84 Å². The number of ether oxygens (including phenoxy) is 1. The van der Waals surface area contributed by atoms with Crippen molar-refractivity contribution in [3.63, 3.8) is 0 Å². The number of rotatable bonds is 2. The standard InChI is InChI=1S/C20H22O3/c1-13-6-8-14(9-7-13)16-11-10-15-4-3-5-17(20(22)23-2)19(21)18(15)12-16/h6-12,17,19,21H,3-5H2,1-2H3. The highest BCUT2D eigenvalue weighted by atomic mass is 16.5. The number of carbonyl (C=O) groups is 1. The van der Waals surface area contributed by atoms with Crippen LogP contribution in [0.1, 0.15) is 35.6 Å². The maximum absolute atomic E-state index is 12.0. The van der Waals surface area contributed by atoms with Crippen molar-refractivity contribution in [3.8, 4) is 11.1 Å². The van der Waals surface area contributed by atoms with E-state index >= 15 is 0 Å². The lowest BCUT2D eigenvalue weighted by atomic mass is 9.91. The number of aliphatic hydroxyl groups is 1. The summed E-state index contributed by atoms with van der Waals surface area (Å²) in [7, 11) is 1.38. The fourth-order valence-corrected chi connectivity index (χ4v) is 3.31. The van der Waals surface area contributed by atoms with E-state index < -0.39 is 12.0 Å². The van der Waals surface area contributed by atoms with Gasteiger partial charge in [0.05, 0.1) is 19.1 Å². The van der Waals surface area contributed by atoms with Crippen LogP contribution in [0.15, 0.2) is 42.5 Å². The zero-order valence-electron chi connectivity index (χ0n) is 13.6. The van der Waals surface area contributed by atoms with Gasteiger partial charge in [-0.15, -0.1) is 0 Å². The lowest BCUT2D eigenvalue weighted by Crippen LogP contribution is -2.23. The number of benzene rings is 2. The van der Waals surface area contributed by atoms with Crippen molar-refractivity contribution in [1.29, 1.82) is 0 Å². The molecule has 0 aliphatic heterocycles. The average Bonchev–Trinajstić information content (AvgIpc) is 2.74. The van der Waals surface area contributed by atoms with Gasteiger partial charge in [0.15, 0.2) is 0 Å². The number of aryl methyl sites for hydroxylation is 2. The molecule has 0 aromatic heterocycles. The molecule has 3 heteroatoms. The Morgan fingerprint density at radius 1 is 1.13 bits per heavy atom. The summed E-state index contributed by atoms with van der Waals surface area (Å²) in [6.45, 7) is 2.06. The van der Waals surface area contributed by atoms with Crippen LogP contribution >= 0.6 is 0 Å². The molecule has 1 aliphatic rings. The smallest absolute Gasteiger partial charge is 0.311 e. The van der Waals surface area contributed by atoms with Crippen LogP contribution in [0.2, 0.25) is 0 Å². The second-order valence-electron chi connectivity index (χ2n) is 6.25. The summed E-state index contributed by atoms with van der Waals surface area (Å²) < 4.78 is 4.86. The van der Waals surface area contributed by atoms with Gasteiger partial charge in [-0.1, -0.05) is 42.0 Å². The van der Waals surface area contributed by atoms with E-state index in [0.29, 0.717) is 6.42 Å². The first-order chi connectivity index (χ1) is 11.1. The largest absolute Gasteiger partial charge is 0.469 e. The third-order valence-electron chi connectivity index (χ3n) is 4.70. The van der Waals surface area contributed by atoms with Crippen molar-refractivity contribution >= 4 is 5.97 Å². The maximum Gasteiger partial charge on any atom is 0.311 e. The van der Waals surface area contributed by atoms with Gasteiger partial charge in [0.25, 0.3) is 0 Å². The van der Waals surface area contributed by atoms with Crippen LogP contribution in [0.3, 0.4) is 0 Å². The molecule has 120 valence electrons. The molecule has 3 nitrogen and oxygen atoms in total. The quantitative estimate of drug-likeness (QED) is 0.677. The van der Waals surface area contributed by atoms with Crippen LogP contribution in [0.25, 0.3) is 11.1 Å². The fraction of sp³-hybridized carbons (Fsp3) is 0.350. The molecule has 23 heavy (non-hydrogen) atoms. The van der Waals surface area contributed by atoms with E-state index in [1.54, 1.807) is 0 Å². The average molecular weight is 310 g/mol. The highest BCUT2D eigenvalue weighted by molar-refractivity contribution is 5.74. The van der Waals surface area contributed by atoms with Crippen molar-refractivity contribution in [2.75, 3.05) is 7.11 Å². The molecule has 0 bridgehead atoms. The zero-order chi connectivity index (χ0) is 16.4. The van der Waals surface area contributed by atoms with Crippen molar-refractivity contribution in [1.82, 2.24) is 0 Å². The Balaban J connectivity index is 2.00. The molecule has 0 spiro atoms. The summed E-state index contributed by atoms with van der Waals surface area (Å²) in [4.78, 5) is 12.0. The molecule has 0 radical (unpaired) electrons. The minimum absolute atomic E-state index is 0.328. The first-order valence-electron chi connectivity index (χ1n) is 8.06. The van der Waals surface area contributed by atoms with Gasteiger partial charge in [-0.25, -0.2) is 0 Å². The number of fused-ring (bicyclic) bond motifs is 1. The number of carbonyl (C=O) groups excluding carboxylic acids is 1. The molecular formula is C20H22O3. The van der Waals surface area contributed by atoms with E-state index in [-0.39, 0.29) is 5.97 Å². The van der Waals surface area contributed by atoms with Gasteiger partial charge in [-0.05, 0) is 54.5 Å². The number of esters is 1. The van der Waals surface area contributed by atoms with Gasteiger partial charge >= 0.3 is 5.97 Å². The Bertz CT molecular complexity index is 703. The summed E-state index contributed by atoms with van der Waals surface area (Å²) in [5.41, 5.74) is 5.38. The Kier molecular flexibility index (Phi) is 4.49. The minimum Gasteiger partial charge on any atom is -0.469 e. The van der Waals surface area contributed by atoms with Gasteiger partial charge in [0.1, 0.15) is 0 Å². The van der Waals surface area contributed by atoms with Crippen molar-refractivity contribution in [3.05, 3.63) is 59.2 Å². The highest BCUT2D eigenvalue weighted by Gasteiger charge is 2.32. The molecule has 1 N–H and O–H groups in total. The van der Waals surface area contributed by atoms with Crippen LogP contribution in [-0.4, -0.2) is 18.2 Å². The van der Waals surface area contributed by atoms with Gasteiger partial charge in [0, 0.05) is 0 Å². The fourth-order valence-electron chi connectivity index (χ4n) is 3.31. The predicted octanol–water partition coefficient (Wildman–Crippen LogP) is 3.82. The summed E-state index contributed by atoms with van der Waals surface area (Å²) in [6.07, 6.45) is 1.62. The van der Waals surface area contributed by atoms with E-state index in [1.807, 2.05) is 6.07 Å². The van der Waals surface area contributed by atoms with Crippen molar-refractivity contribution < 1.29 is 14.6 Å². The molecule has 0 heterocycles. The Labute approximate surface area is 136 Å². The second-order valence-corrected chi connectivity index (χ2v) is 6.25. The normalized spacial score (nSPS) is 20.5. The highest BCUT2D eigenvalue weighted by Crippen LogP contribution is 2.36. The van der Waals surface area contributed by atoms with E-state index in [0.717, 1.165) is 35.1 Å².